The first-order valence-corrected chi connectivity index (χ1v) is 14.5. The summed E-state index contributed by atoms with van der Waals surface area (Å²) in [6, 6.07) is 16.4. The Morgan fingerprint density at radius 1 is 0.953 bits per heavy atom. The van der Waals surface area contributed by atoms with E-state index in [9.17, 15) is 35.5 Å². The second-order valence-electron chi connectivity index (χ2n) is 9.87. The van der Waals surface area contributed by atoms with Gasteiger partial charge in [0.05, 0.1) is 22.0 Å². The van der Waals surface area contributed by atoms with E-state index >= 15 is 0 Å². The summed E-state index contributed by atoms with van der Waals surface area (Å²) in [6.45, 7) is -1.51. The van der Waals surface area contributed by atoms with Gasteiger partial charge in [-0.2, -0.15) is 13.9 Å². The molecule has 1 N–H and O–H groups in total. The van der Waals surface area contributed by atoms with Crippen LogP contribution in [0.15, 0.2) is 77.8 Å². The van der Waals surface area contributed by atoms with Gasteiger partial charge < -0.3 is 20.4 Å². The summed E-state index contributed by atoms with van der Waals surface area (Å²) in [5.74, 6) is -4.18. The van der Waals surface area contributed by atoms with Gasteiger partial charge in [0.2, 0.25) is 0 Å². The predicted molar refractivity (Wildman–Crippen MR) is 148 cm³/mol. The fraction of sp³-hybridized carbons (Fsp3) is 0.179. The number of hydrazine groups is 1. The van der Waals surface area contributed by atoms with E-state index in [0.29, 0.717) is 33.6 Å². The Morgan fingerprint density at radius 3 is 2.28 bits per heavy atom. The average Bonchev–Trinajstić information content (AvgIpc) is 3.54. The lowest BCUT2D eigenvalue weighted by molar-refractivity contribution is -0.274. The number of aliphatic hydroxyl groups is 1. The number of anilines is 2. The van der Waals surface area contributed by atoms with E-state index in [4.69, 9.17) is 0 Å². The number of hydrogen-bond donors (Lipinski definition) is 1. The molecule has 0 atom stereocenters. The molecule has 15 heteroatoms. The molecule has 0 aliphatic carbocycles. The summed E-state index contributed by atoms with van der Waals surface area (Å²) in [7, 11) is -2.04. The molecule has 3 heterocycles. The Hall–Kier alpha value is -4.63. The van der Waals surface area contributed by atoms with Gasteiger partial charge >= 0.3 is 12.3 Å². The van der Waals surface area contributed by atoms with Crippen molar-refractivity contribution < 1.29 is 40.2 Å². The Labute approximate surface area is 241 Å². The summed E-state index contributed by atoms with van der Waals surface area (Å²) >= 11 is 0. The van der Waals surface area contributed by atoms with Gasteiger partial charge in [0.15, 0.2) is 15.5 Å². The largest absolute Gasteiger partial charge is 0.578 e. The number of alkyl halides is 5. The fourth-order valence-electron chi connectivity index (χ4n) is 5.05. The van der Waals surface area contributed by atoms with E-state index in [-0.39, 0.29) is 16.3 Å². The third-order valence-corrected chi connectivity index (χ3v) is 8.04. The summed E-state index contributed by atoms with van der Waals surface area (Å²) < 4.78 is 97.7. The van der Waals surface area contributed by atoms with Crippen molar-refractivity contribution in [2.24, 2.45) is 7.05 Å². The highest BCUT2D eigenvalue weighted by atomic mass is 32.2. The number of aryl methyl sites for hydroxylation is 1. The van der Waals surface area contributed by atoms with Gasteiger partial charge in [-0.15, -0.1) is 19.4 Å². The molecule has 3 aromatic carbocycles. The van der Waals surface area contributed by atoms with Crippen molar-refractivity contribution in [2.45, 2.75) is 17.2 Å². The molecule has 224 valence electrons. The minimum Gasteiger partial charge on any atom is -0.578 e. The first-order valence-electron chi connectivity index (χ1n) is 12.6. The highest BCUT2D eigenvalue weighted by Crippen LogP contribution is 2.54. The number of aromatic nitrogens is 2. The van der Waals surface area contributed by atoms with Crippen LogP contribution in [0.25, 0.3) is 33.5 Å². The lowest BCUT2D eigenvalue weighted by atomic mass is 9.97. The molecule has 0 saturated carbocycles. The van der Waals surface area contributed by atoms with Crippen molar-refractivity contribution >= 4 is 26.9 Å². The summed E-state index contributed by atoms with van der Waals surface area (Å²) in [5, 5.41) is 16.2. The molecular weight excluding hydrogens is 597 g/mol. The summed E-state index contributed by atoms with van der Waals surface area (Å²) in [4.78, 5) is 0.104. The van der Waals surface area contributed by atoms with Crippen LogP contribution >= 0.6 is 0 Å². The monoisotopic (exact) mass is 618 g/mol. The maximum absolute atomic E-state index is 15.0. The Balaban J connectivity index is 1.53. The van der Waals surface area contributed by atoms with Gasteiger partial charge in [0.1, 0.15) is 12.4 Å². The highest BCUT2D eigenvalue weighted by Gasteiger charge is 2.44. The molecule has 2 aliphatic rings. The first-order chi connectivity index (χ1) is 20.2. The smallest absolute Gasteiger partial charge is 0.573 e. The molecule has 2 aliphatic heterocycles. The molecule has 0 radical (unpaired) electrons. The molecule has 0 fully saturated rings. The number of sulfone groups is 1. The van der Waals surface area contributed by atoms with Crippen molar-refractivity contribution in [3.63, 3.8) is 0 Å². The maximum atomic E-state index is 15.0. The van der Waals surface area contributed by atoms with Gasteiger partial charge in [0.25, 0.3) is 0 Å². The molecule has 6 rings (SSSR count). The number of fused-ring (bicyclic) bond motifs is 6. The zero-order valence-corrected chi connectivity index (χ0v) is 23.2. The molecule has 9 nitrogen and oxygen atoms in total. The van der Waals surface area contributed by atoms with Gasteiger partial charge in [-0.3, -0.25) is 9.69 Å². The molecule has 0 spiro atoms. The molecule has 0 bridgehead atoms. The van der Waals surface area contributed by atoms with Crippen molar-refractivity contribution in [1.29, 1.82) is 0 Å². The number of nitrogens with zero attached hydrogens (tertiary/aromatic N) is 5. The molecule has 0 saturated heterocycles. The third-order valence-electron chi connectivity index (χ3n) is 6.93. The third kappa shape index (κ3) is 4.93. The van der Waals surface area contributed by atoms with E-state index in [1.165, 1.54) is 52.3 Å². The highest BCUT2D eigenvalue weighted by molar-refractivity contribution is 7.90. The van der Waals surface area contributed by atoms with Crippen molar-refractivity contribution in [1.82, 2.24) is 9.78 Å². The number of benzene rings is 3. The molecular formula is C28H21F5N5O4S-. The quantitative estimate of drug-likeness (QED) is 0.265. The van der Waals surface area contributed by atoms with Gasteiger partial charge in [0, 0.05) is 24.6 Å². The molecule has 4 aromatic rings. The maximum Gasteiger partial charge on any atom is 0.573 e. The van der Waals surface area contributed by atoms with Gasteiger partial charge in [-0.1, -0.05) is 18.2 Å². The van der Waals surface area contributed by atoms with Crippen LogP contribution < -0.4 is 14.9 Å². The summed E-state index contributed by atoms with van der Waals surface area (Å²) in [6.07, 6.45) is -2.43. The van der Waals surface area contributed by atoms with Gasteiger partial charge in [-0.25, -0.2) is 8.42 Å². The number of hydrogen-bond acceptors (Lipinski definition) is 7. The SMILES string of the molecule is Cn1nc(C(F)(F)CO)c2c1-c1ccc(-c3cccc(S(C)(=O)=O)c3)cc1N1C(c3ccc(OC(F)(F)F)cc3)=C[N-]N21. The number of rotatable bonds is 6. The van der Waals surface area contributed by atoms with Crippen LogP contribution in [0.2, 0.25) is 0 Å². The number of aliphatic hydroxyl groups excluding tert-OH is 1. The summed E-state index contributed by atoms with van der Waals surface area (Å²) in [5.41, 5.74) is 6.59. The van der Waals surface area contributed by atoms with Crippen LogP contribution in [0, 0.1) is 0 Å². The fourth-order valence-corrected chi connectivity index (χ4v) is 5.72. The van der Waals surface area contributed by atoms with E-state index in [1.807, 2.05) is 0 Å². The van der Waals surface area contributed by atoms with Crippen LogP contribution in [-0.2, 0) is 22.8 Å². The van der Waals surface area contributed by atoms with Crippen LogP contribution in [-0.4, -0.2) is 42.5 Å². The lowest BCUT2D eigenvalue weighted by Gasteiger charge is -2.46. The Kier molecular flexibility index (Phi) is 6.43. The Morgan fingerprint density at radius 2 is 1.63 bits per heavy atom. The standard InChI is InChI=1S/C28H21F5N5O4S/c1-36-24-21-11-8-18(17-4-3-5-20(12-17)43(2,40)41)13-22(21)37-23(16-6-9-19(10-7-16)42-28(31,32)33)14-34-38(37)25(24)26(35-36)27(29,30)15-39/h3-14,39H,15H2,1-2H3/q-1. The van der Waals surface area contributed by atoms with Crippen LogP contribution in [0.1, 0.15) is 11.3 Å². The van der Waals surface area contributed by atoms with Crippen LogP contribution in [0.3, 0.4) is 0 Å². The normalized spacial score (nSPS) is 14.6. The number of ether oxygens (including phenoxy) is 1. The molecule has 1 aromatic heterocycles. The number of halogens is 5. The van der Waals surface area contributed by atoms with E-state index in [1.54, 1.807) is 30.3 Å². The molecule has 43 heavy (non-hydrogen) atoms. The zero-order valence-electron chi connectivity index (χ0n) is 22.3. The van der Waals surface area contributed by atoms with Crippen LogP contribution in [0.4, 0.5) is 33.3 Å². The van der Waals surface area contributed by atoms with Crippen molar-refractivity contribution in [3.8, 4) is 28.1 Å². The van der Waals surface area contributed by atoms with E-state index < -0.39 is 40.2 Å². The van der Waals surface area contributed by atoms with Gasteiger partial charge in [-0.05, 0) is 65.2 Å². The second-order valence-corrected chi connectivity index (χ2v) is 11.9. The minimum absolute atomic E-state index is 0.0934. The lowest BCUT2D eigenvalue weighted by Crippen LogP contribution is -2.38. The van der Waals surface area contributed by atoms with E-state index in [2.05, 4.69) is 15.3 Å². The second kappa shape index (κ2) is 9.70. The van der Waals surface area contributed by atoms with Crippen LogP contribution in [0.5, 0.6) is 5.75 Å². The zero-order chi connectivity index (χ0) is 30.9. The van der Waals surface area contributed by atoms with E-state index in [0.717, 1.165) is 18.4 Å². The predicted octanol–water partition coefficient (Wildman–Crippen LogP) is 5.98. The van der Waals surface area contributed by atoms with Crippen molar-refractivity contribution in [2.75, 3.05) is 23.0 Å². The minimum atomic E-state index is -4.89. The topological polar surface area (TPSA) is 102 Å². The molecule has 0 amide bonds. The first kappa shape index (κ1) is 28.5. The average molecular weight is 619 g/mol. The Bertz CT molecular complexity index is 1890. The van der Waals surface area contributed by atoms with Crippen molar-refractivity contribution in [3.05, 3.63) is 89.6 Å². The molecule has 0 unspecified atom stereocenters.